The van der Waals surface area contributed by atoms with Gasteiger partial charge >= 0.3 is 0 Å². The van der Waals surface area contributed by atoms with Gasteiger partial charge in [-0.25, -0.2) is 4.98 Å². The molecule has 15 heavy (non-hydrogen) atoms. The van der Waals surface area contributed by atoms with Crippen molar-refractivity contribution >= 4 is 0 Å². The predicted octanol–water partition coefficient (Wildman–Crippen LogP) is 0.357. The molecule has 0 amide bonds. The third-order valence-corrected chi connectivity index (χ3v) is 2.78. The maximum atomic E-state index is 10.2. The number of ether oxygens (including phenoxy) is 1. The molecule has 1 fully saturated rings. The number of aliphatic hydroxyl groups is 1. The first-order valence-electron chi connectivity index (χ1n) is 5.14. The summed E-state index contributed by atoms with van der Waals surface area (Å²) in [5, 5.41) is 13.4. The highest BCUT2D eigenvalue weighted by Gasteiger charge is 2.32. The SMILES string of the molecule is COc1ncccc1CC1(O)CCNC1. The molecule has 0 radical (unpaired) electrons. The van der Waals surface area contributed by atoms with Gasteiger partial charge < -0.3 is 15.2 Å². The lowest BCUT2D eigenvalue weighted by Gasteiger charge is -2.21. The van der Waals surface area contributed by atoms with Crippen molar-refractivity contribution in [3.05, 3.63) is 23.9 Å². The summed E-state index contributed by atoms with van der Waals surface area (Å²) >= 11 is 0. The maximum absolute atomic E-state index is 10.2. The molecule has 1 aliphatic rings. The standard InChI is InChI=1S/C11H16N2O2/c1-15-10-9(3-2-5-13-10)7-11(14)4-6-12-8-11/h2-3,5,12,14H,4,6-8H2,1H3. The van der Waals surface area contributed by atoms with Gasteiger partial charge in [0.1, 0.15) is 0 Å². The molecule has 0 spiro atoms. The van der Waals surface area contributed by atoms with Gasteiger partial charge in [0.2, 0.25) is 5.88 Å². The highest BCUT2D eigenvalue weighted by Crippen LogP contribution is 2.24. The Kier molecular flexibility index (Phi) is 2.88. The zero-order chi connectivity index (χ0) is 10.7. The summed E-state index contributed by atoms with van der Waals surface area (Å²) in [5.41, 5.74) is 0.322. The second kappa shape index (κ2) is 4.16. The highest BCUT2D eigenvalue weighted by atomic mass is 16.5. The van der Waals surface area contributed by atoms with E-state index in [1.54, 1.807) is 13.3 Å². The van der Waals surface area contributed by atoms with Crippen LogP contribution in [0, 0.1) is 0 Å². The first-order chi connectivity index (χ1) is 7.23. The van der Waals surface area contributed by atoms with Crippen molar-refractivity contribution in [3.63, 3.8) is 0 Å². The minimum atomic E-state index is -0.643. The van der Waals surface area contributed by atoms with E-state index in [2.05, 4.69) is 10.3 Å². The van der Waals surface area contributed by atoms with Crippen molar-refractivity contribution in [2.45, 2.75) is 18.4 Å². The Morgan fingerprint density at radius 2 is 2.53 bits per heavy atom. The summed E-state index contributed by atoms with van der Waals surface area (Å²) in [5.74, 6) is 0.609. The normalized spacial score (nSPS) is 25.5. The van der Waals surface area contributed by atoms with Crippen molar-refractivity contribution in [1.29, 1.82) is 0 Å². The van der Waals surface area contributed by atoms with Crippen molar-refractivity contribution in [1.82, 2.24) is 10.3 Å². The van der Waals surface area contributed by atoms with Crippen molar-refractivity contribution in [2.24, 2.45) is 0 Å². The zero-order valence-electron chi connectivity index (χ0n) is 8.86. The van der Waals surface area contributed by atoms with Gasteiger partial charge in [0.25, 0.3) is 0 Å². The average Bonchev–Trinajstić information content (AvgIpc) is 2.66. The van der Waals surface area contributed by atoms with Crippen LogP contribution in [-0.2, 0) is 6.42 Å². The van der Waals surface area contributed by atoms with Gasteiger partial charge in [-0.15, -0.1) is 0 Å². The first-order valence-corrected chi connectivity index (χ1v) is 5.14. The van der Waals surface area contributed by atoms with Gasteiger partial charge in [0.15, 0.2) is 0 Å². The number of hydrogen-bond acceptors (Lipinski definition) is 4. The molecule has 4 nitrogen and oxygen atoms in total. The van der Waals surface area contributed by atoms with Crippen LogP contribution in [0.5, 0.6) is 5.88 Å². The van der Waals surface area contributed by atoms with E-state index in [1.165, 1.54) is 0 Å². The molecule has 82 valence electrons. The maximum Gasteiger partial charge on any atom is 0.216 e. The predicted molar refractivity (Wildman–Crippen MR) is 56.9 cm³/mol. The molecule has 1 atom stereocenters. The van der Waals surface area contributed by atoms with E-state index < -0.39 is 5.60 Å². The van der Waals surface area contributed by atoms with Crippen molar-refractivity contribution in [3.8, 4) is 5.88 Å². The van der Waals surface area contributed by atoms with E-state index >= 15 is 0 Å². The Morgan fingerprint density at radius 1 is 1.67 bits per heavy atom. The van der Waals surface area contributed by atoms with Crippen LogP contribution in [0.1, 0.15) is 12.0 Å². The Balaban J connectivity index is 2.16. The lowest BCUT2D eigenvalue weighted by Crippen LogP contribution is -2.33. The Labute approximate surface area is 89.3 Å². The van der Waals surface area contributed by atoms with E-state index in [0.717, 1.165) is 18.5 Å². The number of pyridine rings is 1. The van der Waals surface area contributed by atoms with Crippen molar-refractivity contribution in [2.75, 3.05) is 20.2 Å². The fourth-order valence-corrected chi connectivity index (χ4v) is 1.98. The molecule has 2 rings (SSSR count). The lowest BCUT2D eigenvalue weighted by molar-refractivity contribution is 0.0611. The van der Waals surface area contributed by atoms with Gasteiger partial charge in [-0.2, -0.15) is 0 Å². The minimum Gasteiger partial charge on any atom is -0.481 e. The summed E-state index contributed by atoms with van der Waals surface area (Å²) < 4.78 is 5.16. The van der Waals surface area contributed by atoms with E-state index in [-0.39, 0.29) is 0 Å². The van der Waals surface area contributed by atoms with Gasteiger partial charge in [0.05, 0.1) is 12.7 Å². The van der Waals surface area contributed by atoms with Crippen LogP contribution in [0.2, 0.25) is 0 Å². The van der Waals surface area contributed by atoms with Gasteiger partial charge in [0, 0.05) is 24.7 Å². The van der Waals surface area contributed by atoms with Crippen LogP contribution in [0.25, 0.3) is 0 Å². The number of aromatic nitrogens is 1. The molecular weight excluding hydrogens is 192 g/mol. The number of nitrogens with zero attached hydrogens (tertiary/aromatic N) is 1. The third-order valence-electron chi connectivity index (χ3n) is 2.78. The monoisotopic (exact) mass is 208 g/mol. The zero-order valence-corrected chi connectivity index (χ0v) is 8.86. The molecule has 0 aliphatic carbocycles. The van der Waals surface area contributed by atoms with E-state index in [4.69, 9.17) is 4.74 Å². The summed E-state index contributed by atoms with van der Waals surface area (Å²) in [7, 11) is 1.60. The quantitative estimate of drug-likeness (QED) is 0.753. The number of β-amino-alcohol motifs (C(OH)–C–C–N with tert-alkyl or cyclic N) is 1. The van der Waals surface area contributed by atoms with Crippen molar-refractivity contribution < 1.29 is 9.84 Å². The van der Waals surface area contributed by atoms with Crippen LogP contribution >= 0.6 is 0 Å². The molecule has 2 heterocycles. The molecule has 0 bridgehead atoms. The van der Waals surface area contributed by atoms with E-state index in [1.807, 2.05) is 12.1 Å². The molecule has 4 heteroatoms. The summed E-state index contributed by atoms with van der Waals surface area (Å²) in [6, 6.07) is 3.81. The van der Waals surface area contributed by atoms with E-state index in [9.17, 15) is 5.11 Å². The van der Waals surface area contributed by atoms with Crippen LogP contribution in [0.3, 0.4) is 0 Å². The van der Waals surface area contributed by atoms with E-state index in [0.29, 0.717) is 18.8 Å². The highest BCUT2D eigenvalue weighted by molar-refractivity contribution is 5.27. The largest absolute Gasteiger partial charge is 0.481 e. The molecule has 1 saturated heterocycles. The topological polar surface area (TPSA) is 54.4 Å². The van der Waals surface area contributed by atoms with Gasteiger partial charge in [-0.1, -0.05) is 6.07 Å². The van der Waals surface area contributed by atoms with Crippen LogP contribution < -0.4 is 10.1 Å². The second-order valence-corrected chi connectivity index (χ2v) is 4.00. The minimum absolute atomic E-state index is 0.594. The molecular formula is C11H16N2O2. The summed E-state index contributed by atoms with van der Waals surface area (Å²) in [6.07, 6.45) is 3.07. The molecule has 2 N–H and O–H groups in total. The average molecular weight is 208 g/mol. The molecule has 0 saturated carbocycles. The number of hydrogen-bond donors (Lipinski definition) is 2. The molecule has 1 aromatic rings. The number of methoxy groups -OCH3 is 1. The van der Waals surface area contributed by atoms with Crippen LogP contribution in [-0.4, -0.2) is 35.9 Å². The smallest absolute Gasteiger partial charge is 0.216 e. The Hall–Kier alpha value is -1.13. The first kappa shape index (κ1) is 10.4. The van der Waals surface area contributed by atoms with Gasteiger partial charge in [-0.05, 0) is 19.0 Å². The summed E-state index contributed by atoms with van der Waals surface area (Å²) in [6.45, 7) is 1.52. The number of rotatable bonds is 3. The lowest BCUT2D eigenvalue weighted by atomic mass is 9.94. The van der Waals surface area contributed by atoms with Crippen LogP contribution in [0.4, 0.5) is 0 Å². The van der Waals surface area contributed by atoms with Crippen LogP contribution in [0.15, 0.2) is 18.3 Å². The molecule has 1 aliphatic heterocycles. The molecule has 1 aromatic heterocycles. The fraction of sp³-hybridized carbons (Fsp3) is 0.545. The molecule has 1 unspecified atom stereocenters. The molecule has 0 aromatic carbocycles. The third kappa shape index (κ3) is 2.27. The summed E-state index contributed by atoms with van der Waals surface area (Å²) in [4.78, 5) is 4.12. The van der Waals surface area contributed by atoms with Gasteiger partial charge in [-0.3, -0.25) is 0 Å². The Bertz CT molecular complexity index is 335. The second-order valence-electron chi connectivity index (χ2n) is 4.00. The fourth-order valence-electron chi connectivity index (χ4n) is 1.98. The Morgan fingerprint density at radius 3 is 3.20 bits per heavy atom. The number of nitrogens with one attached hydrogen (secondary N) is 1.